The van der Waals surface area contributed by atoms with Gasteiger partial charge in [-0.05, 0) is 25.1 Å². The van der Waals surface area contributed by atoms with Crippen molar-refractivity contribution in [3.63, 3.8) is 0 Å². The van der Waals surface area contributed by atoms with E-state index in [9.17, 15) is 22.8 Å². The van der Waals surface area contributed by atoms with E-state index in [1.54, 1.807) is 41.8 Å². The first-order valence-corrected chi connectivity index (χ1v) is 15.5. The number of hydrogen-bond donors (Lipinski definition) is 2. The Morgan fingerprint density at radius 3 is 2.49 bits per heavy atom. The maximum Gasteiger partial charge on any atom is 0.417 e. The Morgan fingerprint density at radius 2 is 1.82 bits per heavy atom. The second-order valence-corrected chi connectivity index (χ2v) is 12.7. The van der Waals surface area contributed by atoms with E-state index >= 15 is 8.78 Å². The molecule has 7 rings (SSSR count). The van der Waals surface area contributed by atoms with Crippen LogP contribution in [0.25, 0.3) is 33.1 Å². The second-order valence-electron chi connectivity index (χ2n) is 12.7. The number of hydrogen-bond acceptors (Lipinski definition) is 6. The third kappa shape index (κ3) is 5.64. The average molecular weight is 679 g/mol. The van der Waals surface area contributed by atoms with E-state index in [-0.39, 0.29) is 34.3 Å². The third-order valence-electron chi connectivity index (χ3n) is 9.08. The molecule has 254 valence electrons. The van der Waals surface area contributed by atoms with Crippen LogP contribution in [0.5, 0.6) is 0 Å². The van der Waals surface area contributed by atoms with Gasteiger partial charge in [0, 0.05) is 73.6 Å². The Balaban J connectivity index is 1.25. The molecule has 4 heterocycles. The SMILES string of the molecule is CN1CCn2cc(C(=O)c3cc(F)c(NC(=O)/C=C/CNC4(C)COC4)c(F)c3)c3cccc(c32)-c2c(C(F)(F)F)cc3c(ncn3C)c21. The molecular weight excluding hydrogens is 647 g/mol. The summed E-state index contributed by atoms with van der Waals surface area (Å²) in [5.41, 5.74) is -0.426. The Kier molecular flexibility index (Phi) is 7.82. The summed E-state index contributed by atoms with van der Waals surface area (Å²) in [4.78, 5) is 32.4. The molecule has 5 aromatic rings. The van der Waals surface area contributed by atoms with Crippen LogP contribution in [0, 0.1) is 11.6 Å². The number of rotatable bonds is 7. The fourth-order valence-electron chi connectivity index (χ4n) is 6.53. The number of halogens is 5. The van der Waals surface area contributed by atoms with E-state index < -0.39 is 40.8 Å². The summed E-state index contributed by atoms with van der Waals surface area (Å²) < 4.78 is 83.0. The number of anilines is 2. The Bertz CT molecular complexity index is 2170. The van der Waals surface area contributed by atoms with Crippen LogP contribution in [0.4, 0.5) is 33.3 Å². The number of carbonyl (C=O) groups is 2. The van der Waals surface area contributed by atoms with E-state index in [1.165, 1.54) is 23.2 Å². The minimum absolute atomic E-state index is 0.0620. The van der Waals surface area contributed by atoms with E-state index in [1.807, 2.05) is 6.92 Å². The monoisotopic (exact) mass is 678 g/mol. The van der Waals surface area contributed by atoms with Gasteiger partial charge in [0.05, 0.1) is 47.4 Å². The first-order valence-electron chi connectivity index (χ1n) is 15.5. The molecule has 9 nitrogen and oxygen atoms in total. The van der Waals surface area contributed by atoms with Gasteiger partial charge in [0.15, 0.2) is 5.78 Å². The number of aromatic nitrogens is 3. The maximum atomic E-state index is 15.2. The van der Waals surface area contributed by atoms with Gasteiger partial charge in [-0.1, -0.05) is 24.3 Å². The largest absolute Gasteiger partial charge is 0.417 e. The van der Waals surface area contributed by atoms with E-state index in [0.717, 1.165) is 24.3 Å². The number of nitrogens with zero attached hydrogens (tertiary/aromatic N) is 4. The lowest BCUT2D eigenvalue weighted by molar-refractivity contribution is -0.137. The van der Waals surface area contributed by atoms with Gasteiger partial charge in [0.2, 0.25) is 5.91 Å². The molecule has 1 saturated heterocycles. The number of ketones is 1. The number of aryl methyl sites for hydroxylation is 1. The number of amides is 1. The summed E-state index contributed by atoms with van der Waals surface area (Å²) >= 11 is 0. The maximum absolute atomic E-state index is 15.2. The van der Waals surface area contributed by atoms with Gasteiger partial charge in [-0.15, -0.1) is 0 Å². The predicted molar refractivity (Wildman–Crippen MR) is 175 cm³/mol. The van der Waals surface area contributed by atoms with Gasteiger partial charge in [0.25, 0.3) is 0 Å². The van der Waals surface area contributed by atoms with Crippen LogP contribution < -0.4 is 15.5 Å². The number of carbonyl (C=O) groups excluding carboxylic acids is 2. The zero-order valence-electron chi connectivity index (χ0n) is 26.7. The van der Waals surface area contributed by atoms with Gasteiger partial charge >= 0.3 is 6.18 Å². The van der Waals surface area contributed by atoms with Crippen LogP contribution in [0.3, 0.4) is 0 Å². The lowest BCUT2D eigenvalue weighted by Gasteiger charge is -2.38. The second kappa shape index (κ2) is 11.8. The van der Waals surface area contributed by atoms with Crippen LogP contribution in [0.15, 0.2) is 61.1 Å². The fraction of sp³-hybridized carbons (Fsp3) is 0.286. The minimum Gasteiger partial charge on any atom is -0.377 e. The highest BCUT2D eigenvalue weighted by Crippen LogP contribution is 2.48. The molecule has 49 heavy (non-hydrogen) atoms. The van der Waals surface area contributed by atoms with Crippen LogP contribution in [0.2, 0.25) is 0 Å². The molecule has 2 aliphatic rings. The number of fused-ring (bicyclic) bond motifs is 4. The van der Waals surface area contributed by atoms with Crippen molar-refractivity contribution in [1.29, 1.82) is 0 Å². The lowest BCUT2D eigenvalue weighted by atomic mass is 9.92. The zero-order chi connectivity index (χ0) is 34.8. The highest BCUT2D eigenvalue weighted by Gasteiger charge is 2.39. The summed E-state index contributed by atoms with van der Waals surface area (Å²) in [5.74, 6) is -3.81. The number of ether oxygens (including phenoxy) is 1. The number of benzene rings is 3. The van der Waals surface area contributed by atoms with Gasteiger partial charge in [-0.2, -0.15) is 13.2 Å². The van der Waals surface area contributed by atoms with Crippen LogP contribution in [0.1, 0.15) is 28.4 Å². The molecular formula is C35H31F5N6O3. The predicted octanol–water partition coefficient (Wildman–Crippen LogP) is 6.05. The first kappa shape index (κ1) is 32.5. The van der Waals surface area contributed by atoms with Crippen LogP contribution >= 0.6 is 0 Å². The Labute approximate surface area is 276 Å². The van der Waals surface area contributed by atoms with E-state index in [4.69, 9.17) is 4.74 Å². The summed E-state index contributed by atoms with van der Waals surface area (Å²) in [6.45, 7) is 3.96. The molecule has 1 amide bonds. The van der Waals surface area contributed by atoms with Crippen LogP contribution in [-0.2, 0) is 29.3 Å². The quantitative estimate of drug-likeness (QED) is 0.124. The molecule has 0 saturated carbocycles. The van der Waals surface area contributed by atoms with Gasteiger partial charge in [-0.3, -0.25) is 9.59 Å². The van der Waals surface area contributed by atoms with Crippen LogP contribution in [-0.4, -0.2) is 64.7 Å². The molecule has 1 fully saturated rings. The van der Waals surface area contributed by atoms with Crippen molar-refractivity contribution in [2.45, 2.75) is 25.2 Å². The van der Waals surface area contributed by atoms with E-state index in [2.05, 4.69) is 15.6 Å². The Morgan fingerprint density at radius 1 is 1.08 bits per heavy atom. The molecule has 0 atom stereocenters. The van der Waals surface area contributed by atoms with Crippen molar-refractivity contribution in [3.05, 3.63) is 89.4 Å². The average Bonchev–Trinajstić information content (AvgIpc) is 3.60. The molecule has 2 aliphatic heterocycles. The molecule has 3 aromatic carbocycles. The van der Waals surface area contributed by atoms with Crippen molar-refractivity contribution >= 4 is 45.0 Å². The third-order valence-corrected chi connectivity index (χ3v) is 9.08. The molecule has 2 N–H and O–H groups in total. The Hall–Kier alpha value is -5.08. The molecule has 0 bridgehead atoms. The standard InChI is InChI=1S/C35H31F5N6O3/c1-34(16-49-17-34)42-9-5-8-27(47)43-29-24(36)12-19(13-25(29)37)33(48)22-15-46-11-10-44(2)32-28(21-7-4-6-20(22)31(21)46)23(35(38,39)40)14-26-30(32)41-18-45(26)3/h4-8,12-15,18,42H,9-11,16-17H2,1-3H3,(H,43,47)/b8-5+. The van der Waals surface area contributed by atoms with Crippen molar-refractivity contribution in [3.8, 4) is 11.1 Å². The van der Waals surface area contributed by atoms with Crippen molar-refractivity contribution in [2.24, 2.45) is 7.05 Å². The minimum atomic E-state index is -4.72. The van der Waals surface area contributed by atoms with Gasteiger partial charge in [-0.25, -0.2) is 13.8 Å². The molecule has 0 aliphatic carbocycles. The summed E-state index contributed by atoms with van der Waals surface area (Å²) in [7, 11) is 3.32. The highest BCUT2D eigenvalue weighted by atomic mass is 19.4. The summed E-state index contributed by atoms with van der Waals surface area (Å²) in [5, 5.41) is 5.70. The normalized spacial score (nSPS) is 15.7. The molecule has 2 aromatic heterocycles. The highest BCUT2D eigenvalue weighted by molar-refractivity contribution is 6.19. The topological polar surface area (TPSA) is 93.4 Å². The van der Waals surface area contributed by atoms with Crippen molar-refractivity contribution in [1.82, 2.24) is 19.4 Å². The zero-order valence-corrected chi connectivity index (χ0v) is 26.7. The first-order chi connectivity index (χ1) is 23.3. The number of para-hydroxylation sites is 1. The molecule has 0 radical (unpaired) electrons. The summed E-state index contributed by atoms with van der Waals surface area (Å²) in [6.07, 6.45) is 0.909. The van der Waals surface area contributed by atoms with Crippen molar-refractivity contribution in [2.75, 3.05) is 43.6 Å². The lowest BCUT2D eigenvalue weighted by Crippen LogP contribution is -2.58. The molecule has 0 unspecified atom stereocenters. The number of nitrogens with one attached hydrogen (secondary N) is 2. The number of likely N-dealkylation sites (N-methyl/N-ethyl adjacent to an activating group) is 1. The van der Waals surface area contributed by atoms with Crippen molar-refractivity contribution < 1.29 is 36.3 Å². The fourth-order valence-corrected chi connectivity index (χ4v) is 6.53. The number of imidazole rings is 1. The van der Waals surface area contributed by atoms with Gasteiger partial charge in [0.1, 0.15) is 22.8 Å². The number of alkyl halides is 3. The van der Waals surface area contributed by atoms with E-state index in [0.29, 0.717) is 53.9 Å². The van der Waals surface area contributed by atoms with Gasteiger partial charge < -0.3 is 29.4 Å². The smallest absolute Gasteiger partial charge is 0.377 e. The summed E-state index contributed by atoms with van der Waals surface area (Å²) in [6, 6.07) is 7.46. The molecule has 0 spiro atoms. The molecule has 14 heteroatoms.